The molecule has 2 N–H and O–H groups in total. The van der Waals surface area contributed by atoms with Crippen LogP contribution in [0.2, 0.25) is 10.0 Å². The Kier molecular flexibility index (Phi) is 7.19. The van der Waals surface area contributed by atoms with Gasteiger partial charge in [-0.15, -0.1) is 0 Å². The molecule has 0 spiro atoms. The van der Waals surface area contributed by atoms with Crippen LogP contribution in [-0.4, -0.2) is 44.2 Å². The molecule has 2 aromatic carbocycles. The first-order chi connectivity index (χ1) is 14.3. The molecule has 0 unspecified atom stereocenters. The van der Waals surface area contributed by atoms with E-state index in [4.69, 9.17) is 27.9 Å². The zero-order valence-corrected chi connectivity index (χ0v) is 18.1. The maximum atomic E-state index is 12.5. The molecule has 1 fully saturated rings. The molecule has 0 aromatic heterocycles. The Morgan fingerprint density at radius 1 is 0.967 bits per heavy atom. The van der Waals surface area contributed by atoms with Crippen LogP contribution in [0.15, 0.2) is 47.4 Å². The summed E-state index contributed by atoms with van der Waals surface area (Å²) in [7, 11) is -3.55. The van der Waals surface area contributed by atoms with E-state index in [2.05, 4.69) is 10.9 Å². The molecule has 30 heavy (non-hydrogen) atoms. The van der Waals surface area contributed by atoms with Crippen molar-refractivity contribution in [1.82, 2.24) is 15.2 Å². The number of carbonyl (C=O) groups excluding carboxylic acids is 2. The van der Waals surface area contributed by atoms with Crippen molar-refractivity contribution in [2.24, 2.45) is 0 Å². The minimum absolute atomic E-state index is 0.125. The second-order valence-electron chi connectivity index (χ2n) is 6.50. The van der Waals surface area contributed by atoms with Crippen molar-refractivity contribution >= 4 is 45.0 Å². The molecule has 1 saturated heterocycles. The van der Waals surface area contributed by atoms with Crippen molar-refractivity contribution in [3.8, 4) is 5.75 Å². The highest BCUT2D eigenvalue weighted by Gasteiger charge is 2.27. The summed E-state index contributed by atoms with van der Waals surface area (Å²) in [6.45, 7) is 0.646. The molecule has 2 amide bonds. The first kappa shape index (κ1) is 22.4. The van der Waals surface area contributed by atoms with E-state index >= 15 is 0 Å². The van der Waals surface area contributed by atoms with E-state index in [9.17, 15) is 18.0 Å². The summed E-state index contributed by atoms with van der Waals surface area (Å²) in [6, 6.07) is 10.1. The summed E-state index contributed by atoms with van der Waals surface area (Å²) >= 11 is 11.7. The molecule has 1 aliphatic rings. The largest absolute Gasteiger partial charge is 0.484 e. The number of ether oxygens (including phenoxy) is 1. The maximum absolute atomic E-state index is 12.5. The Morgan fingerprint density at radius 2 is 1.63 bits per heavy atom. The minimum atomic E-state index is -3.55. The third-order valence-electron chi connectivity index (χ3n) is 4.40. The van der Waals surface area contributed by atoms with Gasteiger partial charge < -0.3 is 4.74 Å². The number of hydrogen-bond donors (Lipinski definition) is 2. The second-order valence-corrected chi connectivity index (χ2v) is 9.25. The fraction of sp³-hybridized carbons (Fsp3) is 0.263. The summed E-state index contributed by atoms with van der Waals surface area (Å²) in [5.74, 6) is -0.841. The summed E-state index contributed by atoms with van der Waals surface area (Å²) in [5, 5.41) is 0.651. The fourth-order valence-corrected chi connectivity index (χ4v) is 4.61. The summed E-state index contributed by atoms with van der Waals surface area (Å²) in [5.41, 5.74) is 4.66. The van der Waals surface area contributed by atoms with Gasteiger partial charge in [0.25, 0.3) is 11.8 Å². The summed E-state index contributed by atoms with van der Waals surface area (Å²) < 4.78 is 31.7. The van der Waals surface area contributed by atoms with Crippen LogP contribution in [-0.2, 0) is 14.8 Å². The smallest absolute Gasteiger partial charge is 0.276 e. The van der Waals surface area contributed by atoms with Crippen molar-refractivity contribution < 1.29 is 22.7 Å². The van der Waals surface area contributed by atoms with Gasteiger partial charge in [-0.25, -0.2) is 8.42 Å². The van der Waals surface area contributed by atoms with E-state index in [1.807, 2.05) is 0 Å². The Morgan fingerprint density at radius 3 is 2.27 bits per heavy atom. The molecule has 1 aliphatic heterocycles. The van der Waals surface area contributed by atoms with Crippen LogP contribution in [0.25, 0.3) is 0 Å². The Hall–Kier alpha value is -2.33. The first-order valence-corrected chi connectivity index (χ1v) is 11.2. The number of hydrogen-bond acceptors (Lipinski definition) is 5. The second kappa shape index (κ2) is 9.65. The molecule has 3 rings (SSSR count). The van der Waals surface area contributed by atoms with Crippen LogP contribution in [0.3, 0.4) is 0 Å². The van der Waals surface area contributed by atoms with Crippen molar-refractivity contribution in [2.75, 3.05) is 19.7 Å². The van der Waals surface area contributed by atoms with Crippen LogP contribution in [0.4, 0.5) is 0 Å². The average molecular weight is 472 g/mol. The highest BCUT2D eigenvalue weighted by Crippen LogP contribution is 2.26. The molecule has 0 bridgehead atoms. The van der Waals surface area contributed by atoms with Gasteiger partial charge in [0.1, 0.15) is 5.75 Å². The van der Waals surface area contributed by atoms with Crippen molar-refractivity contribution in [2.45, 2.75) is 17.7 Å². The van der Waals surface area contributed by atoms with Gasteiger partial charge in [-0.2, -0.15) is 4.31 Å². The molecule has 0 atom stereocenters. The van der Waals surface area contributed by atoms with Crippen LogP contribution >= 0.6 is 23.2 Å². The highest BCUT2D eigenvalue weighted by atomic mass is 35.5. The molecular weight excluding hydrogens is 453 g/mol. The van der Waals surface area contributed by atoms with Gasteiger partial charge in [-0.3, -0.25) is 20.4 Å². The zero-order valence-electron chi connectivity index (χ0n) is 15.7. The van der Waals surface area contributed by atoms with Crippen LogP contribution in [0, 0.1) is 0 Å². The molecule has 0 saturated carbocycles. The average Bonchev–Trinajstić information content (AvgIpc) is 3.29. The molecular formula is C19H19Cl2N3O5S. The number of benzene rings is 2. The zero-order chi connectivity index (χ0) is 21.7. The van der Waals surface area contributed by atoms with E-state index in [0.717, 1.165) is 12.8 Å². The van der Waals surface area contributed by atoms with E-state index in [1.165, 1.54) is 40.7 Å². The van der Waals surface area contributed by atoms with E-state index in [0.29, 0.717) is 23.9 Å². The fourth-order valence-electron chi connectivity index (χ4n) is 2.81. The number of halogens is 2. The highest BCUT2D eigenvalue weighted by molar-refractivity contribution is 7.89. The number of rotatable bonds is 6. The SMILES string of the molecule is O=C(COc1ccc(Cl)c(Cl)c1)NNC(=O)c1ccc(S(=O)(=O)N2CCCC2)cc1. The third kappa shape index (κ3) is 5.42. The molecule has 0 radical (unpaired) electrons. The molecule has 0 aliphatic carbocycles. The number of nitrogens with zero attached hydrogens (tertiary/aromatic N) is 1. The number of hydrazine groups is 1. The van der Waals surface area contributed by atoms with Gasteiger partial charge >= 0.3 is 0 Å². The molecule has 1 heterocycles. The van der Waals surface area contributed by atoms with Gasteiger partial charge in [0.15, 0.2) is 6.61 Å². The van der Waals surface area contributed by atoms with Crippen molar-refractivity contribution in [3.05, 3.63) is 58.1 Å². The van der Waals surface area contributed by atoms with Gasteiger partial charge in [0, 0.05) is 24.7 Å². The van der Waals surface area contributed by atoms with Crippen LogP contribution in [0.5, 0.6) is 5.75 Å². The Labute approximate surface area is 184 Å². The van der Waals surface area contributed by atoms with Crippen molar-refractivity contribution in [1.29, 1.82) is 0 Å². The molecule has 2 aromatic rings. The topological polar surface area (TPSA) is 105 Å². The monoisotopic (exact) mass is 471 g/mol. The Bertz CT molecular complexity index is 1040. The van der Waals surface area contributed by atoms with Gasteiger partial charge in [0.05, 0.1) is 14.9 Å². The summed E-state index contributed by atoms with van der Waals surface area (Å²) in [4.78, 5) is 24.1. The lowest BCUT2D eigenvalue weighted by Gasteiger charge is -2.15. The standard InChI is InChI=1S/C19H19Cl2N3O5S/c20-16-8-5-14(11-17(16)21)29-12-18(25)22-23-19(26)13-3-6-15(7-4-13)30(27,28)24-9-1-2-10-24/h3-8,11H,1-2,9-10,12H2,(H,22,25)(H,23,26). The van der Waals surface area contributed by atoms with Crippen LogP contribution < -0.4 is 15.6 Å². The van der Waals surface area contributed by atoms with Crippen LogP contribution in [0.1, 0.15) is 23.2 Å². The molecule has 8 nitrogen and oxygen atoms in total. The third-order valence-corrected chi connectivity index (χ3v) is 7.05. The van der Waals surface area contributed by atoms with E-state index in [1.54, 1.807) is 6.07 Å². The number of carbonyl (C=O) groups is 2. The minimum Gasteiger partial charge on any atom is -0.484 e. The molecule has 160 valence electrons. The van der Waals surface area contributed by atoms with E-state index < -0.39 is 21.8 Å². The predicted molar refractivity (Wildman–Crippen MR) is 112 cm³/mol. The first-order valence-electron chi connectivity index (χ1n) is 9.04. The normalized spacial score (nSPS) is 14.3. The lowest BCUT2D eigenvalue weighted by Crippen LogP contribution is -2.43. The van der Waals surface area contributed by atoms with Gasteiger partial charge in [-0.05, 0) is 49.2 Å². The predicted octanol–water partition coefficient (Wildman–Crippen LogP) is 2.62. The number of nitrogens with one attached hydrogen (secondary N) is 2. The lowest BCUT2D eigenvalue weighted by molar-refractivity contribution is -0.123. The number of sulfonamides is 1. The van der Waals surface area contributed by atoms with Gasteiger partial charge in [0.2, 0.25) is 10.0 Å². The van der Waals surface area contributed by atoms with Crippen molar-refractivity contribution in [3.63, 3.8) is 0 Å². The lowest BCUT2D eigenvalue weighted by atomic mass is 10.2. The summed E-state index contributed by atoms with van der Waals surface area (Å²) in [6.07, 6.45) is 1.68. The maximum Gasteiger partial charge on any atom is 0.276 e. The number of amides is 2. The molecule has 11 heteroatoms. The Balaban J connectivity index is 1.50. The quantitative estimate of drug-likeness (QED) is 0.629. The van der Waals surface area contributed by atoms with Gasteiger partial charge in [-0.1, -0.05) is 23.2 Å². The van der Waals surface area contributed by atoms with E-state index in [-0.39, 0.29) is 22.1 Å².